The van der Waals surface area contributed by atoms with Crippen LogP contribution in [-0.2, 0) is 4.74 Å². The van der Waals surface area contributed by atoms with E-state index in [2.05, 4.69) is 19.2 Å². The fourth-order valence-electron chi connectivity index (χ4n) is 4.76. The van der Waals surface area contributed by atoms with Gasteiger partial charge in [-0.3, -0.25) is 0 Å². The molecule has 0 aromatic carbocycles. The van der Waals surface area contributed by atoms with E-state index >= 15 is 0 Å². The number of ether oxygens (including phenoxy) is 1. The van der Waals surface area contributed by atoms with E-state index in [4.69, 9.17) is 4.74 Å². The van der Waals surface area contributed by atoms with Crippen LogP contribution >= 0.6 is 0 Å². The summed E-state index contributed by atoms with van der Waals surface area (Å²) in [6.45, 7) is 5.52. The van der Waals surface area contributed by atoms with Crippen molar-refractivity contribution in [2.75, 3.05) is 13.1 Å². The highest BCUT2D eigenvalue weighted by atomic mass is 16.5. The SMILES string of the molecule is CC(C)OC1(CNC(=O)N2CC3CCC2C(O)C3)CCCCC1. The van der Waals surface area contributed by atoms with Gasteiger partial charge in [0, 0.05) is 13.1 Å². The third-order valence-corrected chi connectivity index (χ3v) is 5.82. The number of nitrogens with zero attached hydrogens (tertiary/aromatic N) is 1. The molecule has 0 radical (unpaired) electrons. The Morgan fingerprint density at radius 1 is 1.30 bits per heavy atom. The van der Waals surface area contributed by atoms with Crippen molar-refractivity contribution >= 4 is 6.03 Å². The molecule has 2 N–H and O–H groups in total. The molecular formula is C18H32N2O3. The first-order chi connectivity index (χ1) is 11.0. The molecule has 2 amide bonds. The van der Waals surface area contributed by atoms with Crippen LogP contribution < -0.4 is 5.32 Å². The molecule has 4 rings (SSSR count). The van der Waals surface area contributed by atoms with E-state index in [1.807, 2.05) is 4.90 Å². The number of carbonyl (C=O) groups is 1. The van der Waals surface area contributed by atoms with Crippen molar-refractivity contribution in [1.82, 2.24) is 10.2 Å². The standard InChI is InChI=1S/C18H32N2O3/c1-13(2)23-18(8-4-3-5-9-18)12-19-17(22)20-11-14-6-7-15(20)16(21)10-14/h13-16,21H,3-12H2,1-2H3,(H,19,22). The van der Waals surface area contributed by atoms with Crippen LogP contribution in [0, 0.1) is 5.92 Å². The Kier molecular flexibility index (Phi) is 5.16. The summed E-state index contributed by atoms with van der Waals surface area (Å²) in [6.07, 6.45) is 8.44. The molecule has 132 valence electrons. The van der Waals surface area contributed by atoms with Gasteiger partial charge < -0.3 is 20.1 Å². The molecule has 0 aromatic rings. The highest BCUT2D eigenvalue weighted by Gasteiger charge is 2.43. The number of carbonyl (C=O) groups excluding carboxylic acids is 1. The smallest absolute Gasteiger partial charge is 0.317 e. The van der Waals surface area contributed by atoms with Crippen molar-refractivity contribution < 1.29 is 14.6 Å². The zero-order valence-corrected chi connectivity index (χ0v) is 14.6. The first-order valence-electron chi connectivity index (χ1n) is 9.39. The van der Waals surface area contributed by atoms with Crippen molar-refractivity contribution in [1.29, 1.82) is 0 Å². The number of rotatable bonds is 4. The second-order valence-corrected chi connectivity index (χ2v) is 8.04. The number of piperidine rings is 2. The van der Waals surface area contributed by atoms with Gasteiger partial charge in [0.25, 0.3) is 0 Å². The summed E-state index contributed by atoms with van der Waals surface area (Å²) < 4.78 is 6.22. The molecule has 5 nitrogen and oxygen atoms in total. The van der Waals surface area contributed by atoms with Crippen LogP contribution in [0.2, 0.25) is 0 Å². The Morgan fingerprint density at radius 3 is 2.65 bits per heavy atom. The number of fused-ring (bicyclic) bond motifs is 3. The molecule has 4 fully saturated rings. The maximum atomic E-state index is 12.7. The maximum absolute atomic E-state index is 12.7. The molecule has 2 aliphatic heterocycles. The van der Waals surface area contributed by atoms with Gasteiger partial charge in [0.05, 0.1) is 23.9 Å². The molecule has 3 unspecified atom stereocenters. The van der Waals surface area contributed by atoms with E-state index in [-0.39, 0.29) is 29.9 Å². The van der Waals surface area contributed by atoms with E-state index in [1.54, 1.807) is 0 Å². The van der Waals surface area contributed by atoms with E-state index in [0.29, 0.717) is 12.5 Å². The molecule has 2 bridgehead atoms. The third kappa shape index (κ3) is 3.82. The van der Waals surface area contributed by atoms with Crippen LogP contribution in [0.5, 0.6) is 0 Å². The summed E-state index contributed by atoms with van der Waals surface area (Å²) in [6, 6.07) is -0.0101. The van der Waals surface area contributed by atoms with Crippen molar-refractivity contribution in [3.05, 3.63) is 0 Å². The number of nitrogens with one attached hydrogen (secondary N) is 1. The highest BCUT2D eigenvalue weighted by molar-refractivity contribution is 5.75. The lowest BCUT2D eigenvalue weighted by molar-refractivity contribution is -0.0987. The summed E-state index contributed by atoms with van der Waals surface area (Å²) in [7, 11) is 0. The van der Waals surface area contributed by atoms with E-state index in [9.17, 15) is 9.90 Å². The fourth-order valence-corrected chi connectivity index (χ4v) is 4.76. The predicted octanol–water partition coefficient (Wildman–Crippen LogP) is 2.67. The van der Waals surface area contributed by atoms with Gasteiger partial charge in [-0.1, -0.05) is 19.3 Å². The van der Waals surface area contributed by atoms with Crippen LogP contribution in [0.15, 0.2) is 0 Å². The van der Waals surface area contributed by atoms with Crippen molar-refractivity contribution in [2.24, 2.45) is 5.92 Å². The zero-order chi connectivity index (χ0) is 16.4. The molecule has 2 heterocycles. The largest absolute Gasteiger partial charge is 0.391 e. The van der Waals surface area contributed by atoms with Crippen LogP contribution in [0.25, 0.3) is 0 Å². The summed E-state index contributed by atoms with van der Waals surface area (Å²) in [4.78, 5) is 14.5. The summed E-state index contributed by atoms with van der Waals surface area (Å²) in [5.41, 5.74) is -0.199. The lowest BCUT2D eigenvalue weighted by Gasteiger charge is -2.48. The second kappa shape index (κ2) is 6.98. The zero-order valence-electron chi connectivity index (χ0n) is 14.6. The third-order valence-electron chi connectivity index (χ3n) is 5.82. The minimum absolute atomic E-state index is 0.00771. The van der Waals surface area contributed by atoms with Crippen molar-refractivity contribution in [2.45, 2.75) is 89.1 Å². The molecule has 2 aliphatic carbocycles. The average molecular weight is 324 g/mol. The molecule has 0 aromatic heterocycles. The van der Waals surface area contributed by atoms with Crippen LogP contribution in [0.4, 0.5) is 4.79 Å². The quantitative estimate of drug-likeness (QED) is 0.836. The van der Waals surface area contributed by atoms with E-state index in [0.717, 1.165) is 38.6 Å². The Balaban J connectivity index is 1.58. The van der Waals surface area contributed by atoms with Crippen molar-refractivity contribution in [3.63, 3.8) is 0 Å². The van der Waals surface area contributed by atoms with Crippen LogP contribution in [0.1, 0.15) is 65.2 Å². The van der Waals surface area contributed by atoms with Crippen LogP contribution in [-0.4, -0.2) is 53.0 Å². The number of urea groups is 1. The molecule has 2 saturated heterocycles. The Hall–Kier alpha value is -0.810. The molecule has 3 atom stereocenters. The van der Waals surface area contributed by atoms with Gasteiger partial charge in [-0.2, -0.15) is 0 Å². The Morgan fingerprint density at radius 2 is 2.04 bits per heavy atom. The molecular weight excluding hydrogens is 292 g/mol. The average Bonchev–Trinajstić information content (AvgIpc) is 2.53. The lowest BCUT2D eigenvalue weighted by atomic mass is 9.78. The number of hydrogen-bond acceptors (Lipinski definition) is 3. The van der Waals surface area contributed by atoms with Crippen LogP contribution in [0.3, 0.4) is 0 Å². The topological polar surface area (TPSA) is 61.8 Å². The second-order valence-electron chi connectivity index (χ2n) is 8.04. The van der Waals surface area contributed by atoms with Crippen molar-refractivity contribution in [3.8, 4) is 0 Å². The molecule has 4 aliphatic rings. The Bertz CT molecular complexity index is 420. The Labute approximate surface area is 139 Å². The lowest BCUT2D eigenvalue weighted by Crippen LogP contribution is -2.61. The van der Waals surface area contributed by atoms with Gasteiger partial charge in [0.15, 0.2) is 0 Å². The van der Waals surface area contributed by atoms with Gasteiger partial charge in [-0.25, -0.2) is 4.79 Å². The van der Waals surface area contributed by atoms with E-state index in [1.165, 1.54) is 19.3 Å². The highest BCUT2D eigenvalue weighted by Crippen LogP contribution is 2.36. The van der Waals surface area contributed by atoms with Gasteiger partial charge in [-0.05, 0) is 51.9 Å². The molecule has 0 spiro atoms. The fraction of sp³-hybridized carbons (Fsp3) is 0.944. The number of hydrogen-bond donors (Lipinski definition) is 2. The van der Waals surface area contributed by atoms with Gasteiger partial charge in [0.1, 0.15) is 0 Å². The van der Waals surface area contributed by atoms with E-state index < -0.39 is 0 Å². The minimum Gasteiger partial charge on any atom is -0.391 e. The molecule has 23 heavy (non-hydrogen) atoms. The summed E-state index contributed by atoms with van der Waals surface area (Å²) in [5, 5.41) is 13.3. The molecule has 2 saturated carbocycles. The number of amides is 2. The maximum Gasteiger partial charge on any atom is 0.317 e. The molecule has 5 heteroatoms. The normalized spacial score (nSPS) is 33.0. The number of aliphatic hydroxyl groups is 1. The monoisotopic (exact) mass is 324 g/mol. The summed E-state index contributed by atoms with van der Waals surface area (Å²) >= 11 is 0. The predicted molar refractivity (Wildman–Crippen MR) is 89.3 cm³/mol. The van der Waals surface area contributed by atoms with Gasteiger partial charge in [-0.15, -0.1) is 0 Å². The van der Waals surface area contributed by atoms with Gasteiger partial charge in [0.2, 0.25) is 0 Å². The van der Waals surface area contributed by atoms with Gasteiger partial charge >= 0.3 is 6.03 Å². The first kappa shape index (κ1) is 17.0. The summed E-state index contributed by atoms with van der Waals surface area (Å²) in [5.74, 6) is 0.469. The minimum atomic E-state index is -0.344. The first-order valence-corrected chi connectivity index (χ1v) is 9.39. The number of aliphatic hydroxyl groups excluding tert-OH is 1.